The maximum atomic E-state index is 5.09. The first-order chi connectivity index (χ1) is 7.70. The van der Waals surface area contributed by atoms with Gasteiger partial charge >= 0.3 is 0 Å². The molecular formula is C12H14BrNOS. The fraction of sp³-hybridized carbons (Fsp3) is 0.333. The number of rotatable bonds is 4. The highest BCUT2D eigenvalue weighted by molar-refractivity contribution is 9.11. The lowest BCUT2D eigenvalue weighted by atomic mass is 10.1. The minimum Gasteiger partial charge on any atom is -0.472 e. The van der Waals surface area contributed by atoms with E-state index in [0.717, 1.165) is 6.42 Å². The fourth-order valence-electron chi connectivity index (χ4n) is 1.64. The molecule has 0 aromatic carbocycles. The van der Waals surface area contributed by atoms with E-state index in [1.54, 1.807) is 23.9 Å². The van der Waals surface area contributed by atoms with Gasteiger partial charge < -0.3 is 9.73 Å². The summed E-state index contributed by atoms with van der Waals surface area (Å²) in [4.78, 5) is 1.35. The van der Waals surface area contributed by atoms with E-state index >= 15 is 0 Å². The van der Waals surface area contributed by atoms with Crippen LogP contribution in [0.3, 0.4) is 0 Å². The van der Waals surface area contributed by atoms with Crippen LogP contribution >= 0.6 is 27.3 Å². The van der Waals surface area contributed by atoms with Crippen molar-refractivity contribution in [2.24, 2.45) is 0 Å². The van der Waals surface area contributed by atoms with Gasteiger partial charge in [0.1, 0.15) is 0 Å². The number of aryl methyl sites for hydroxylation is 1. The summed E-state index contributed by atoms with van der Waals surface area (Å²) in [6.45, 7) is 2.12. The molecule has 0 amide bonds. The summed E-state index contributed by atoms with van der Waals surface area (Å²) in [7, 11) is 1.99. The summed E-state index contributed by atoms with van der Waals surface area (Å²) >= 11 is 5.36. The average Bonchev–Trinajstić information content (AvgIpc) is 2.86. The fourth-order valence-corrected chi connectivity index (χ4v) is 3.33. The summed E-state index contributed by atoms with van der Waals surface area (Å²) in [5, 5.41) is 3.35. The van der Waals surface area contributed by atoms with Crippen molar-refractivity contribution in [3.8, 4) is 0 Å². The molecule has 2 rings (SSSR count). The number of hydrogen-bond donors (Lipinski definition) is 1. The van der Waals surface area contributed by atoms with Crippen molar-refractivity contribution < 1.29 is 4.42 Å². The standard InChI is InChI=1S/C12H14BrNOS/c1-8-5-11(16-12(8)13)10(14-2)6-9-3-4-15-7-9/h3-5,7,10,14H,6H2,1-2H3. The highest BCUT2D eigenvalue weighted by Crippen LogP contribution is 2.32. The van der Waals surface area contributed by atoms with Gasteiger partial charge in [-0.15, -0.1) is 11.3 Å². The molecule has 1 N–H and O–H groups in total. The van der Waals surface area contributed by atoms with Crippen molar-refractivity contribution in [1.29, 1.82) is 0 Å². The molecule has 0 saturated heterocycles. The molecule has 86 valence electrons. The first-order valence-electron chi connectivity index (χ1n) is 5.15. The highest BCUT2D eigenvalue weighted by Gasteiger charge is 2.14. The van der Waals surface area contributed by atoms with Gasteiger partial charge in [-0.1, -0.05) is 0 Å². The first kappa shape index (κ1) is 11.9. The lowest BCUT2D eigenvalue weighted by molar-refractivity contribution is 0.553. The second kappa shape index (κ2) is 5.17. The van der Waals surface area contributed by atoms with E-state index in [1.165, 1.54) is 19.8 Å². The Hall–Kier alpha value is -0.580. The van der Waals surface area contributed by atoms with Crippen LogP contribution in [0.15, 0.2) is 32.9 Å². The van der Waals surface area contributed by atoms with Crippen LogP contribution in [0.4, 0.5) is 0 Å². The molecule has 0 aliphatic carbocycles. The minimum absolute atomic E-state index is 0.354. The van der Waals surface area contributed by atoms with Crippen molar-refractivity contribution in [1.82, 2.24) is 5.32 Å². The molecule has 2 aromatic rings. The number of halogens is 1. The monoisotopic (exact) mass is 299 g/mol. The SMILES string of the molecule is CNC(Cc1ccoc1)c1cc(C)c(Br)s1. The molecule has 0 aliphatic heterocycles. The number of nitrogens with one attached hydrogen (secondary N) is 1. The van der Waals surface area contributed by atoms with Gasteiger partial charge in [0.05, 0.1) is 16.3 Å². The quantitative estimate of drug-likeness (QED) is 0.926. The molecule has 0 fully saturated rings. The molecule has 0 aliphatic rings. The van der Waals surface area contributed by atoms with Crippen molar-refractivity contribution in [2.45, 2.75) is 19.4 Å². The molecule has 1 atom stereocenters. The van der Waals surface area contributed by atoms with Crippen LogP contribution in [0.25, 0.3) is 0 Å². The Morgan fingerprint density at radius 3 is 2.88 bits per heavy atom. The van der Waals surface area contributed by atoms with Crippen molar-refractivity contribution in [3.63, 3.8) is 0 Å². The van der Waals surface area contributed by atoms with Gasteiger partial charge in [0.15, 0.2) is 0 Å². The molecule has 0 spiro atoms. The second-order valence-electron chi connectivity index (χ2n) is 3.78. The largest absolute Gasteiger partial charge is 0.472 e. The van der Waals surface area contributed by atoms with Crippen LogP contribution in [0.5, 0.6) is 0 Å². The van der Waals surface area contributed by atoms with Gasteiger partial charge in [-0.05, 0) is 59.6 Å². The molecule has 0 saturated carbocycles. The van der Waals surface area contributed by atoms with Crippen LogP contribution in [0, 0.1) is 6.92 Å². The molecule has 2 heterocycles. The van der Waals surface area contributed by atoms with Gasteiger partial charge in [-0.3, -0.25) is 0 Å². The smallest absolute Gasteiger partial charge is 0.0935 e. The number of hydrogen-bond acceptors (Lipinski definition) is 3. The summed E-state index contributed by atoms with van der Waals surface area (Å²) in [5.41, 5.74) is 2.52. The van der Waals surface area contributed by atoms with E-state index < -0.39 is 0 Å². The predicted octanol–water partition coefficient (Wildman–Crippen LogP) is 3.92. The Kier molecular flexibility index (Phi) is 3.84. The third kappa shape index (κ3) is 2.56. The van der Waals surface area contributed by atoms with E-state index in [-0.39, 0.29) is 0 Å². The minimum atomic E-state index is 0.354. The maximum absolute atomic E-state index is 5.09. The number of likely N-dealkylation sites (N-methyl/N-ethyl adjacent to an activating group) is 1. The highest BCUT2D eigenvalue weighted by atomic mass is 79.9. The topological polar surface area (TPSA) is 25.2 Å². The summed E-state index contributed by atoms with van der Waals surface area (Å²) < 4.78 is 6.31. The zero-order chi connectivity index (χ0) is 11.5. The third-order valence-electron chi connectivity index (χ3n) is 2.59. The maximum Gasteiger partial charge on any atom is 0.0935 e. The molecule has 1 unspecified atom stereocenters. The van der Waals surface area contributed by atoms with Gasteiger partial charge in [0, 0.05) is 10.9 Å². The van der Waals surface area contributed by atoms with Gasteiger partial charge in [0.25, 0.3) is 0 Å². The van der Waals surface area contributed by atoms with Crippen molar-refractivity contribution in [2.75, 3.05) is 7.05 Å². The van der Waals surface area contributed by atoms with E-state index in [1.807, 2.05) is 13.1 Å². The van der Waals surface area contributed by atoms with Crippen LogP contribution in [-0.2, 0) is 6.42 Å². The Balaban J connectivity index is 2.16. The predicted molar refractivity (Wildman–Crippen MR) is 71.0 cm³/mol. The van der Waals surface area contributed by atoms with Gasteiger partial charge in [-0.25, -0.2) is 0 Å². The Bertz CT molecular complexity index is 430. The van der Waals surface area contributed by atoms with Crippen LogP contribution in [-0.4, -0.2) is 7.05 Å². The van der Waals surface area contributed by atoms with E-state index in [0.29, 0.717) is 6.04 Å². The van der Waals surface area contributed by atoms with Crippen LogP contribution in [0.1, 0.15) is 22.0 Å². The summed E-state index contributed by atoms with van der Waals surface area (Å²) in [6.07, 6.45) is 4.48. The molecule has 2 nitrogen and oxygen atoms in total. The molecule has 0 bridgehead atoms. The molecule has 4 heteroatoms. The zero-order valence-electron chi connectivity index (χ0n) is 9.29. The van der Waals surface area contributed by atoms with Gasteiger partial charge in [-0.2, -0.15) is 0 Å². The molecule has 2 aromatic heterocycles. The lowest BCUT2D eigenvalue weighted by Crippen LogP contribution is -2.17. The van der Waals surface area contributed by atoms with Crippen molar-refractivity contribution >= 4 is 27.3 Å². The normalized spacial score (nSPS) is 12.9. The first-order valence-corrected chi connectivity index (χ1v) is 6.76. The Morgan fingerprint density at radius 1 is 1.56 bits per heavy atom. The van der Waals surface area contributed by atoms with Crippen LogP contribution < -0.4 is 5.32 Å². The van der Waals surface area contributed by atoms with Crippen molar-refractivity contribution in [3.05, 3.63) is 44.4 Å². The lowest BCUT2D eigenvalue weighted by Gasteiger charge is -2.12. The summed E-state index contributed by atoms with van der Waals surface area (Å²) in [6, 6.07) is 4.60. The second-order valence-corrected chi connectivity index (χ2v) is 6.18. The van der Waals surface area contributed by atoms with Crippen LogP contribution in [0.2, 0.25) is 0 Å². The molecule has 0 radical (unpaired) electrons. The number of furan rings is 1. The van der Waals surface area contributed by atoms with E-state index in [9.17, 15) is 0 Å². The van der Waals surface area contributed by atoms with E-state index in [2.05, 4.69) is 34.2 Å². The summed E-state index contributed by atoms with van der Waals surface area (Å²) in [5.74, 6) is 0. The molecular weight excluding hydrogens is 286 g/mol. The molecule has 16 heavy (non-hydrogen) atoms. The number of thiophene rings is 1. The zero-order valence-corrected chi connectivity index (χ0v) is 11.7. The average molecular weight is 300 g/mol. The van der Waals surface area contributed by atoms with E-state index in [4.69, 9.17) is 4.42 Å². The Labute approximate surface area is 108 Å². The Morgan fingerprint density at radius 2 is 2.38 bits per heavy atom. The third-order valence-corrected chi connectivity index (χ3v) is 4.84. The van der Waals surface area contributed by atoms with Gasteiger partial charge in [0.2, 0.25) is 0 Å².